The van der Waals surface area contributed by atoms with E-state index in [4.69, 9.17) is 20.6 Å². The fourth-order valence-electron chi connectivity index (χ4n) is 6.34. The molecule has 0 aromatic heterocycles. The zero-order chi connectivity index (χ0) is 49.2. The number of nitrogens with two attached hydrogens (primary N) is 2. The van der Waals surface area contributed by atoms with Gasteiger partial charge in [-0.2, -0.15) is 43.9 Å². The SMILES string of the molecule is Nc1cc(S(=O)(=O)O)c2cccc(S(=O)(=O)O)c2c1.Nc1ccc(NC(=O)c2ccc(C(=O)Nc3ccc(N=Nc4cc(S(=O)(=O)O)c5cccc(S(=O)(=O)O)c5c4)cc3)cc2C(=O)O)cc1. The maximum atomic E-state index is 12.9. The molecule has 0 atom stereocenters. The van der Waals surface area contributed by atoms with Gasteiger partial charge in [0.05, 0.1) is 22.5 Å². The Morgan fingerprint density at radius 1 is 0.433 bits per heavy atom. The number of rotatable bonds is 11. The molecule has 7 rings (SSSR count). The summed E-state index contributed by atoms with van der Waals surface area (Å²) >= 11 is 0. The summed E-state index contributed by atoms with van der Waals surface area (Å²) in [5.74, 6) is -2.81. The Morgan fingerprint density at radius 2 is 0.896 bits per heavy atom. The third-order valence-electron chi connectivity index (χ3n) is 9.29. The summed E-state index contributed by atoms with van der Waals surface area (Å²) in [6.07, 6.45) is 0. The number of nitrogen functional groups attached to an aromatic ring is 2. The van der Waals surface area contributed by atoms with Crippen LogP contribution in [0.25, 0.3) is 21.5 Å². The van der Waals surface area contributed by atoms with Crippen LogP contribution in [0.3, 0.4) is 0 Å². The summed E-state index contributed by atoms with van der Waals surface area (Å²) in [7, 11) is -18.7. The Bertz CT molecular complexity index is 3660. The summed E-state index contributed by atoms with van der Waals surface area (Å²) in [5.41, 5.74) is 11.6. The van der Waals surface area contributed by atoms with Gasteiger partial charge in [-0.15, -0.1) is 0 Å². The van der Waals surface area contributed by atoms with Crippen molar-refractivity contribution < 1.29 is 71.4 Å². The third kappa shape index (κ3) is 11.6. The fourth-order valence-corrected chi connectivity index (χ4v) is 9.21. The second-order valence-corrected chi connectivity index (χ2v) is 19.5. The highest BCUT2D eigenvalue weighted by atomic mass is 32.2. The van der Waals surface area contributed by atoms with Crippen molar-refractivity contribution in [2.24, 2.45) is 10.2 Å². The van der Waals surface area contributed by atoms with Crippen LogP contribution in [0.5, 0.6) is 0 Å². The van der Waals surface area contributed by atoms with Crippen LogP contribution in [0, 0.1) is 0 Å². The van der Waals surface area contributed by atoms with Crippen molar-refractivity contribution in [1.82, 2.24) is 0 Å². The predicted molar refractivity (Wildman–Crippen MR) is 242 cm³/mol. The molecule has 346 valence electrons. The number of carbonyl (C=O) groups is 3. The molecule has 0 fully saturated rings. The fraction of sp³-hybridized carbons (Fsp3) is 0. The number of nitrogens with zero attached hydrogens (tertiary/aromatic N) is 2. The van der Waals surface area contributed by atoms with Crippen molar-refractivity contribution in [1.29, 1.82) is 0 Å². The van der Waals surface area contributed by atoms with Gasteiger partial charge in [-0.25, -0.2) is 4.79 Å². The van der Waals surface area contributed by atoms with Crippen LogP contribution < -0.4 is 22.1 Å². The lowest BCUT2D eigenvalue weighted by atomic mass is 10.0. The third-order valence-corrected chi connectivity index (χ3v) is 12.9. The van der Waals surface area contributed by atoms with E-state index in [9.17, 15) is 62.3 Å². The van der Waals surface area contributed by atoms with E-state index in [1.807, 2.05) is 0 Å². The summed E-state index contributed by atoms with van der Waals surface area (Å²) < 4.78 is 130. The predicted octanol–water partition coefficient (Wildman–Crippen LogP) is 6.45. The number of hydrogen-bond acceptors (Lipinski definition) is 15. The number of fused-ring (bicyclic) bond motifs is 2. The van der Waals surface area contributed by atoms with Gasteiger partial charge in [-0.3, -0.25) is 27.8 Å². The van der Waals surface area contributed by atoms with Gasteiger partial charge in [0.25, 0.3) is 52.3 Å². The number of nitrogens with one attached hydrogen (secondary N) is 2. The lowest BCUT2D eigenvalue weighted by molar-refractivity contribution is 0.0692. The van der Waals surface area contributed by atoms with E-state index in [1.54, 1.807) is 24.3 Å². The molecule has 7 aromatic carbocycles. The molecule has 0 aliphatic carbocycles. The Hall–Kier alpha value is -7.69. The van der Waals surface area contributed by atoms with Gasteiger partial charge in [-0.1, -0.05) is 24.3 Å². The molecule has 0 radical (unpaired) electrons. The van der Waals surface area contributed by atoms with Gasteiger partial charge in [0.2, 0.25) is 0 Å². The normalized spacial score (nSPS) is 12.1. The van der Waals surface area contributed by atoms with Crippen LogP contribution in [-0.4, -0.2) is 74.8 Å². The van der Waals surface area contributed by atoms with Gasteiger partial charge < -0.3 is 27.2 Å². The molecule has 0 aliphatic heterocycles. The molecule has 22 nitrogen and oxygen atoms in total. The zero-order valence-electron chi connectivity index (χ0n) is 33.5. The minimum atomic E-state index is -4.84. The molecule has 2 amide bonds. The number of amides is 2. The highest BCUT2D eigenvalue weighted by Gasteiger charge is 2.23. The largest absolute Gasteiger partial charge is 0.478 e. The monoisotopic (exact) mass is 992 g/mol. The van der Waals surface area contributed by atoms with E-state index < -0.39 is 83.4 Å². The van der Waals surface area contributed by atoms with E-state index >= 15 is 0 Å². The molecule has 0 spiro atoms. The lowest BCUT2D eigenvalue weighted by Gasteiger charge is -2.11. The minimum Gasteiger partial charge on any atom is -0.478 e. The van der Waals surface area contributed by atoms with Crippen molar-refractivity contribution in [2.75, 3.05) is 22.1 Å². The molecule has 0 bridgehead atoms. The van der Waals surface area contributed by atoms with Crippen LogP contribution in [-0.2, 0) is 40.5 Å². The van der Waals surface area contributed by atoms with Crippen molar-refractivity contribution in [3.05, 3.63) is 144 Å². The Morgan fingerprint density at radius 3 is 1.40 bits per heavy atom. The summed E-state index contributed by atoms with van der Waals surface area (Å²) in [6, 6.07) is 27.0. The topological polar surface area (TPSA) is 390 Å². The van der Waals surface area contributed by atoms with Crippen molar-refractivity contribution >= 4 is 114 Å². The maximum Gasteiger partial charge on any atom is 0.336 e. The van der Waals surface area contributed by atoms with E-state index in [0.717, 1.165) is 30.3 Å². The Labute approximate surface area is 379 Å². The average molecular weight is 993 g/mol. The molecule has 67 heavy (non-hydrogen) atoms. The first kappa shape index (κ1) is 48.8. The first-order valence-electron chi connectivity index (χ1n) is 18.4. The minimum absolute atomic E-state index is 0.0459. The van der Waals surface area contributed by atoms with Gasteiger partial charge >= 0.3 is 5.97 Å². The van der Waals surface area contributed by atoms with Crippen LogP contribution in [0.2, 0.25) is 0 Å². The van der Waals surface area contributed by atoms with Crippen molar-refractivity contribution in [3.63, 3.8) is 0 Å². The van der Waals surface area contributed by atoms with Crippen LogP contribution >= 0.6 is 0 Å². The van der Waals surface area contributed by atoms with Gasteiger partial charge in [0.15, 0.2) is 0 Å². The quantitative estimate of drug-likeness (QED) is 0.0382. The average Bonchev–Trinajstić information content (AvgIpc) is 3.24. The van der Waals surface area contributed by atoms with E-state index in [1.165, 1.54) is 72.8 Å². The summed E-state index contributed by atoms with van der Waals surface area (Å²) in [4.78, 5) is 35.3. The number of hydrogen-bond donors (Lipinski definition) is 9. The molecule has 0 aliphatic rings. The maximum absolute atomic E-state index is 12.9. The van der Waals surface area contributed by atoms with Gasteiger partial charge in [0, 0.05) is 49.9 Å². The number of carboxylic acids is 1. The summed E-state index contributed by atoms with van der Waals surface area (Å²) in [5, 5.41) is 22.3. The number of benzene rings is 7. The molecular formula is C41H32N6O16S4. The van der Waals surface area contributed by atoms with Gasteiger partial charge in [0.1, 0.15) is 19.6 Å². The lowest BCUT2D eigenvalue weighted by Crippen LogP contribution is -2.18. The molecule has 26 heteroatoms. The molecule has 0 saturated heterocycles. The Balaban J connectivity index is 0.000000324. The number of carbonyl (C=O) groups excluding carboxylic acids is 2. The van der Waals surface area contributed by atoms with E-state index in [2.05, 4.69) is 20.9 Å². The number of carboxylic acid groups (broad SMARTS) is 1. The standard InChI is InChI=1S/C31H23N5O10S2.C10H9NO6S2/c32-18-5-7-19(8-6-18)34-30(38)24-13-4-17(14-26(24)31(39)40)29(37)33-20-9-11-21(12-10-20)35-36-22-15-25-23(28(16-22)48(44,45)46)2-1-3-27(25)47(41,42)43;11-6-4-8-7(10(5-6)19(15,16)17)2-1-3-9(8)18(12,13)14/h1-16H,32H2,(H,33,37)(H,34,38)(H,39,40)(H,41,42,43)(H,44,45,46);1-5H,11H2,(H,12,13,14)(H,15,16,17). The first-order chi connectivity index (χ1) is 31.2. The van der Waals surface area contributed by atoms with Crippen LogP contribution in [0.1, 0.15) is 31.1 Å². The first-order valence-corrected chi connectivity index (χ1v) is 24.1. The Kier molecular flexibility index (Phi) is 13.6. The van der Waals surface area contributed by atoms with Crippen molar-refractivity contribution in [3.8, 4) is 0 Å². The van der Waals surface area contributed by atoms with Crippen LogP contribution in [0.15, 0.2) is 157 Å². The van der Waals surface area contributed by atoms with Gasteiger partial charge in [-0.05, 0) is 103 Å². The van der Waals surface area contributed by atoms with E-state index in [-0.39, 0.29) is 55.4 Å². The number of anilines is 4. The van der Waals surface area contributed by atoms with Crippen molar-refractivity contribution in [2.45, 2.75) is 19.6 Å². The second kappa shape index (κ2) is 18.7. The molecule has 11 N–H and O–H groups in total. The number of aromatic carboxylic acids is 1. The molecule has 0 heterocycles. The van der Waals surface area contributed by atoms with Crippen LogP contribution in [0.4, 0.5) is 34.1 Å². The second-order valence-electron chi connectivity index (χ2n) is 13.9. The number of azo groups is 1. The molecular weight excluding hydrogens is 961 g/mol. The molecule has 0 saturated carbocycles. The zero-order valence-corrected chi connectivity index (χ0v) is 36.8. The smallest absolute Gasteiger partial charge is 0.336 e. The molecule has 7 aromatic rings. The highest BCUT2D eigenvalue weighted by molar-refractivity contribution is 7.87. The van der Waals surface area contributed by atoms with E-state index in [0.29, 0.717) is 11.4 Å². The summed E-state index contributed by atoms with van der Waals surface area (Å²) in [6.45, 7) is 0. The molecule has 0 unspecified atom stereocenters. The highest BCUT2D eigenvalue weighted by Crippen LogP contribution is 2.34.